The molecule has 0 saturated carbocycles. The minimum absolute atomic E-state index is 0.145. The molecular formula is C14H21N5O2. The minimum atomic E-state index is -0.170. The fourth-order valence-corrected chi connectivity index (χ4v) is 2.38. The topological polar surface area (TPSA) is 92.4 Å². The van der Waals surface area contributed by atoms with Crippen LogP contribution >= 0.6 is 0 Å². The predicted octanol–water partition coefficient (Wildman–Crippen LogP) is 0.961. The zero-order valence-corrected chi connectivity index (χ0v) is 12.4. The molecule has 2 aromatic heterocycles. The van der Waals surface area contributed by atoms with Crippen LogP contribution in [-0.4, -0.2) is 43.7 Å². The van der Waals surface area contributed by atoms with Gasteiger partial charge in [-0.05, 0) is 25.7 Å². The molecule has 2 aromatic rings. The van der Waals surface area contributed by atoms with Crippen molar-refractivity contribution in [3.8, 4) is 0 Å². The molecule has 1 atom stereocenters. The van der Waals surface area contributed by atoms with Gasteiger partial charge < -0.3 is 10.4 Å². The molecule has 2 heterocycles. The average molecular weight is 291 g/mol. The Bertz CT molecular complexity index is 604. The van der Waals surface area contributed by atoms with E-state index in [-0.39, 0.29) is 12.5 Å². The molecule has 0 bridgehead atoms. The lowest BCUT2D eigenvalue weighted by Crippen LogP contribution is -2.30. The molecule has 114 valence electrons. The van der Waals surface area contributed by atoms with E-state index >= 15 is 0 Å². The van der Waals surface area contributed by atoms with Gasteiger partial charge in [-0.15, -0.1) is 0 Å². The van der Waals surface area contributed by atoms with E-state index in [1.54, 1.807) is 4.52 Å². The second kappa shape index (κ2) is 7.12. The summed E-state index contributed by atoms with van der Waals surface area (Å²) < 4.78 is 1.55. The van der Waals surface area contributed by atoms with Gasteiger partial charge in [0.05, 0.1) is 11.3 Å². The van der Waals surface area contributed by atoms with Crippen molar-refractivity contribution in [2.45, 2.75) is 33.1 Å². The van der Waals surface area contributed by atoms with Crippen LogP contribution in [0.5, 0.6) is 0 Å². The van der Waals surface area contributed by atoms with Crippen LogP contribution in [0, 0.1) is 12.8 Å². The summed E-state index contributed by atoms with van der Waals surface area (Å²) in [6.45, 7) is 4.61. The SMILES string of the molecule is CCCC(CCO)CNC(=O)c1cnc2ncnn2c1C. The third-order valence-electron chi connectivity index (χ3n) is 3.58. The number of carbonyl (C=O) groups is 1. The maximum absolute atomic E-state index is 12.3. The number of amides is 1. The molecule has 2 N–H and O–H groups in total. The highest BCUT2D eigenvalue weighted by atomic mass is 16.3. The standard InChI is InChI=1S/C14H21N5O2/c1-3-4-11(5-6-20)7-15-13(21)12-8-16-14-17-9-18-19(14)10(12)2/h8-9,11,20H,3-7H2,1-2H3,(H,15,21). The van der Waals surface area contributed by atoms with Crippen LogP contribution in [0.2, 0.25) is 0 Å². The summed E-state index contributed by atoms with van der Waals surface area (Å²) in [6.07, 6.45) is 5.66. The fourth-order valence-electron chi connectivity index (χ4n) is 2.38. The van der Waals surface area contributed by atoms with Crippen molar-refractivity contribution >= 4 is 11.7 Å². The van der Waals surface area contributed by atoms with Crippen LogP contribution in [0.15, 0.2) is 12.5 Å². The number of hydrogen-bond donors (Lipinski definition) is 2. The third kappa shape index (κ3) is 3.55. The Labute approximate surface area is 123 Å². The molecule has 1 unspecified atom stereocenters. The molecule has 0 aromatic carbocycles. The quantitative estimate of drug-likeness (QED) is 0.792. The van der Waals surface area contributed by atoms with Crippen LogP contribution in [0.3, 0.4) is 0 Å². The number of hydrogen-bond acceptors (Lipinski definition) is 5. The van der Waals surface area contributed by atoms with Gasteiger partial charge in [0.15, 0.2) is 0 Å². The highest BCUT2D eigenvalue weighted by molar-refractivity contribution is 5.95. The van der Waals surface area contributed by atoms with E-state index in [2.05, 4.69) is 27.3 Å². The Balaban J connectivity index is 2.06. The first-order chi connectivity index (χ1) is 10.2. The molecular weight excluding hydrogens is 270 g/mol. The highest BCUT2D eigenvalue weighted by Crippen LogP contribution is 2.11. The molecule has 0 radical (unpaired) electrons. The molecule has 7 nitrogen and oxygen atoms in total. The zero-order chi connectivity index (χ0) is 15.2. The Morgan fingerprint density at radius 3 is 2.95 bits per heavy atom. The zero-order valence-electron chi connectivity index (χ0n) is 12.4. The average Bonchev–Trinajstić information content (AvgIpc) is 2.95. The maximum Gasteiger partial charge on any atom is 0.254 e. The van der Waals surface area contributed by atoms with Crippen LogP contribution in [0.4, 0.5) is 0 Å². The van der Waals surface area contributed by atoms with Gasteiger partial charge in [-0.3, -0.25) is 4.79 Å². The third-order valence-corrected chi connectivity index (χ3v) is 3.58. The van der Waals surface area contributed by atoms with Crippen molar-refractivity contribution in [1.29, 1.82) is 0 Å². The molecule has 0 aliphatic heterocycles. The van der Waals surface area contributed by atoms with Crippen LogP contribution < -0.4 is 5.32 Å². The molecule has 2 rings (SSSR count). The van der Waals surface area contributed by atoms with Gasteiger partial charge in [-0.1, -0.05) is 13.3 Å². The molecule has 0 aliphatic rings. The number of aryl methyl sites for hydroxylation is 1. The molecule has 0 fully saturated rings. The molecule has 0 saturated heterocycles. The Hall–Kier alpha value is -2.02. The smallest absolute Gasteiger partial charge is 0.254 e. The Kier molecular flexibility index (Phi) is 5.21. The van der Waals surface area contributed by atoms with Crippen LogP contribution in [0.25, 0.3) is 5.78 Å². The van der Waals surface area contributed by atoms with Crippen molar-refractivity contribution in [3.63, 3.8) is 0 Å². The van der Waals surface area contributed by atoms with Gasteiger partial charge >= 0.3 is 0 Å². The molecule has 0 aliphatic carbocycles. The fraction of sp³-hybridized carbons (Fsp3) is 0.571. The summed E-state index contributed by atoms with van der Waals surface area (Å²) in [5.41, 5.74) is 1.21. The predicted molar refractivity (Wildman–Crippen MR) is 78.0 cm³/mol. The minimum Gasteiger partial charge on any atom is -0.396 e. The van der Waals surface area contributed by atoms with E-state index in [9.17, 15) is 4.79 Å². The summed E-state index contributed by atoms with van der Waals surface area (Å²) in [4.78, 5) is 20.4. The number of nitrogens with zero attached hydrogens (tertiary/aromatic N) is 4. The van der Waals surface area contributed by atoms with Crippen molar-refractivity contribution in [1.82, 2.24) is 24.9 Å². The lowest BCUT2D eigenvalue weighted by molar-refractivity contribution is 0.0941. The Morgan fingerprint density at radius 1 is 1.43 bits per heavy atom. The first kappa shape index (κ1) is 15.4. The summed E-state index contributed by atoms with van der Waals surface area (Å²) in [5, 5.41) is 16.0. The van der Waals surface area contributed by atoms with Crippen LogP contribution in [0.1, 0.15) is 42.2 Å². The van der Waals surface area contributed by atoms with Crippen molar-refractivity contribution in [3.05, 3.63) is 23.8 Å². The summed E-state index contributed by atoms with van der Waals surface area (Å²) in [5.74, 6) is 0.608. The van der Waals surface area contributed by atoms with Gasteiger partial charge in [0.25, 0.3) is 11.7 Å². The van der Waals surface area contributed by atoms with Crippen molar-refractivity contribution in [2.75, 3.05) is 13.2 Å². The van der Waals surface area contributed by atoms with Gasteiger partial charge in [0, 0.05) is 19.3 Å². The first-order valence-electron chi connectivity index (χ1n) is 7.21. The normalized spacial score (nSPS) is 12.5. The van der Waals surface area contributed by atoms with Crippen molar-refractivity contribution in [2.24, 2.45) is 5.92 Å². The second-order valence-corrected chi connectivity index (χ2v) is 5.11. The molecule has 0 spiro atoms. The summed E-state index contributed by atoms with van der Waals surface area (Å²) in [6, 6.07) is 0. The van der Waals surface area contributed by atoms with Gasteiger partial charge in [-0.2, -0.15) is 10.1 Å². The first-order valence-corrected chi connectivity index (χ1v) is 7.21. The summed E-state index contributed by atoms with van der Waals surface area (Å²) >= 11 is 0. The molecule has 7 heteroatoms. The number of fused-ring (bicyclic) bond motifs is 1. The summed E-state index contributed by atoms with van der Waals surface area (Å²) in [7, 11) is 0. The van der Waals surface area contributed by atoms with E-state index in [0.29, 0.717) is 35.9 Å². The lowest BCUT2D eigenvalue weighted by Gasteiger charge is -2.16. The Morgan fingerprint density at radius 2 is 2.24 bits per heavy atom. The van der Waals surface area contributed by atoms with E-state index in [1.807, 2.05) is 6.92 Å². The second-order valence-electron chi connectivity index (χ2n) is 5.11. The number of nitrogens with one attached hydrogen (secondary N) is 1. The van der Waals surface area contributed by atoms with Crippen LogP contribution in [-0.2, 0) is 0 Å². The van der Waals surface area contributed by atoms with E-state index in [1.165, 1.54) is 12.5 Å². The van der Waals surface area contributed by atoms with Gasteiger partial charge in [0.2, 0.25) is 0 Å². The number of aromatic nitrogens is 4. The number of rotatable bonds is 7. The number of aliphatic hydroxyl groups excluding tert-OH is 1. The van der Waals surface area contributed by atoms with Crippen molar-refractivity contribution < 1.29 is 9.90 Å². The molecule has 1 amide bonds. The monoisotopic (exact) mass is 291 g/mol. The van der Waals surface area contributed by atoms with Gasteiger partial charge in [-0.25, -0.2) is 9.50 Å². The van der Waals surface area contributed by atoms with E-state index in [4.69, 9.17) is 5.11 Å². The lowest BCUT2D eigenvalue weighted by atomic mass is 10.00. The van der Waals surface area contributed by atoms with Gasteiger partial charge in [0.1, 0.15) is 6.33 Å². The number of aliphatic hydroxyl groups is 1. The largest absolute Gasteiger partial charge is 0.396 e. The van der Waals surface area contributed by atoms with E-state index in [0.717, 1.165) is 12.8 Å². The number of carbonyl (C=O) groups excluding carboxylic acids is 1. The van der Waals surface area contributed by atoms with E-state index < -0.39 is 0 Å². The highest BCUT2D eigenvalue weighted by Gasteiger charge is 2.15. The molecule has 21 heavy (non-hydrogen) atoms. The maximum atomic E-state index is 12.3.